The van der Waals surface area contributed by atoms with E-state index in [9.17, 15) is 0 Å². The van der Waals surface area contributed by atoms with Crippen LogP contribution in [0.25, 0.3) is 0 Å². The molecule has 2 aromatic rings. The highest BCUT2D eigenvalue weighted by Crippen LogP contribution is 2.61. The first kappa shape index (κ1) is 21.3. The molecule has 1 aliphatic rings. The Labute approximate surface area is 173 Å². The highest BCUT2D eigenvalue weighted by atomic mass is 28.4. The van der Waals surface area contributed by atoms with Crippen molar-refractivity contribution in [1.82, 2.24) is 0 Å². The number of benzene rings is 2. The van der Waals surface area contributed by atoms with Crippen molar-refractivity contribution in [3.05, 3.63) is 60.7 Å². The van der Waals surface area contributed by atoms with Crippen molar-refractivity contribution in [3.63, 3.8) is 0 Å². The average molecular weight is 395 g/mol. The molecule has 0 bridgehead atoms. The lowest BCUT2D eigenvalue weighted by Crippen LogP contribution is -2.67. The molecule has 2 aromatic carbocycles. The monoisotopic (exact) mass is 394 g/mol. The minimum absolute atomic E-state index is 0.0517. The van der Waals surface area contributed by atoms with Crippen molar-refractivity contribution < 1.29 is 4.43 Å². The maximum Gasteiger partial charge on any atom is 0.261 e. The molecule has 2 atom stereocenters. The van der Waals surface area contributed by atoms with Gasteiger partial charge in [0.15, 0.2) is 0 Å². The Hall–Kier alpha value is -1.38. The smallest absolute Gasteiger partial charge is 0.261 e. The van der Waals surface area contributed by atoms with E-state index in [0.29, 0.717) is 11.3 Å². The molecule has 0 radical (unpaired) electrons. The fourth-order valence-electron chi connectivity index (χ4n) is 5.25. The Balaban J connectivity index is 2.07. The Morgan fingerprint density at radius 1 is 0.893 bits per heavy atom. The van der Waals surface area contributed by atoms with Gasteiger partial charge in [-0.2, -0.15) is 0 Å². The molecule has 1 fully saturated rings. The van der Waals surface area contributed by atoms with E-state index < -0.39 is 8.32 Å². The van der Waals surface area contributed by atoms with Crippen LogP contribution in [0.4, 0.5) is 0 Å². The lowest BCUT2D eigenvalue weighted by molar-refractivity contribution is 0.156. The van der Waals surface area contributed by atoms with E-state index in [1.807, 2.05) is 0 Å². The lowest BCUT2D eigenvalue weighted by atomic mass is 9.87. The summed E-state index contributed by atoms with van der Waals surface area (Å²) in [7, 11) is -2.43. The normalized spacial score (nSPS) is 22.7. The molecule has 2 heteroatoms. The van der Waals surface area contributed by atoms with Gasteiger partial charge >= 0.3 is 0 Å². The van der Waals surface area contributed by atoms with Gasteiger partial charge in [0.25, 0.3) is 8.32 Å². The Bertz CT molecular complexity index is 721. The van der Waals surface area contributed by atoms with Crippen LogP contribution in [0.3, 0.4) is 0 Å². The third-order valence-corrected chi connectivity index (χ3v) is 12.1. The van der Waals surface area contributed by atoms with Crippen molar-refractivity contribution in [2.24, 2.45) is 23.2 Å². The first-order chi connectivity index (χ1) is 13.1. The zero-order valence-electron chi connectivity index (χ0n) is 18.8. The summed E-state index contributed by atoms with van der Waals surface area (Å²) in [6, 6.07) is 22.1. The highest BCUT2D eigenvalue weighted by molar-refractivity contribution is 6.99. The summed E-state index contributed by atoms with van der Waals surface area (Å²) in [5, 5.41) is 2.82. The van der Waals surface area contributed by atoms with E-state index in [0.717, 1.165) is 18.4 Å². The Morgan fingerprint density at radius 2 is 1.36 bits per heavy atom. The van der Waals surface area contributed by atoms with E-state index in [1.165, 1.54) is 16.8 Å². The maximum atomic E-state index is 7.27. The van der Waals surface area contributed by atoms with Crippen molar-refractivity contribution in [3.8, 4) is 0 Å². The van der Waals surface area contributed by atoms with Gasteiger partial charge in [-0.05, 0) is 45.0 Å². The summed E-state index contributed by atoms with van der Waals surface area (Å²) in [5.74, 6) is 2.16. The zero-order chi connectivity index (χ0) is 20.6. The SMILES string of the molecule is CC(C)C1CC1(CO[Si](c1ccccc1)(c1ccccc1)C(C)(C)C)C(C)C. The van der Waals surface area contributed by atoms with Crippen LogP contribution in [-0.2, 0) is 4.43 Å². The predicted molar refractivity (Wildman–Crippen MR) is 124 cm³/mol. The minimum Gasteiger partial charge on any atom is -0.407 e. The standard InChI is InChI=1S/C26H38OSi/c1-20(2)24-18-26(24,21(3)4)19-27-28(25(5,6)7,22-14-10-8-11-15-22)23-16-12-9-13-17-23/h8-17,20-21,24H,18-19H2,1-7H3. The largest absolute Gasteiger partial charge is 0.407 e. The molecule has 0 saturated heterocycles. The molecule has 28 heavy (non-hydrogen) atoms. The van der Waals surface area contributed by atoms with Gasteiger partial charge in [0.05, 0.1) is 0 Å². The summed E-state index contributed by atoms with van der Waals surface area (Å²) in [6.07, 6.45) is 1.31. The first-order valence-corrected chi connectivity index (χ1v) is 12.8. The summed E-state index contributed by atoms with van der Waals surface area (Å²) < 4.78 is 7.27. The van der Waals surface area contributed by atoms with Crippen LogP contribution in [0.5, 0.6) is 0 Å². The molecule has 3 rings (SSSR count). The van der Waals surface area contributed by atoms with Crippen molar-refractivity contribution in [2.45, 2.75) is 59.9 Å². The second-order valence-electron chi connectivity index (χ2n) is 10.4. The molecule has 0 amide bonds. The van der Waals surface area contributed by atoms with Gasteiger partial charge in [-0.25, -0.2) is 0 Å². The van der Waals surface area contributed by atoms with Crippen LogP contribution in [0.1, 0.15) is 54.9 Å². The molecule has 0 spiro atoms. The predicted octanol–water partition coefficient (Wildman–Crippen LogP) is 5.88. The second-order valence-corrected chi connectivity index (χ2v) is 14.7. The minimum atomic E-state index is -2.43. The van der Waals surface area contributed by atoms with Gasteiger partial charge in [0.1, 0.15) is 0 Å². The van der Waals surface area contributed by atoms with Crippen LogP contribution in [0.2, 0.25) is 5.04 Å². The summed E-state index contributed by atoms with van der Waals surface area (Å²) in [4.78, 5) is 0. The molecule has 1 aliphatic carbocycles. The lowest BCUT2D eigenvalue weighted by Gasteiger charge is -2.44. The molecule has 1 saturated carbocycles. The molecular weight excluding hydrogens is 356 g/mol. The van der Waals surface area contributed by atoms with Gasteiger partial charge in [-0.15, -0.1) is 0 Å². The van der Waals surface area contributed by atoms with Gasteiger partial charge in [0, 0.05) is 6.61 Å². The zero-order valence-corrected chi connectivity index (χ0v) is 19.8. The quantitative estimate of drug-likeness (QED) is 0.533. The summed E-state index contributed by atoms with van der Waals surface area (Å²) in [5.41, 5.74) is 0.335. The summed E-state index contributed by atoms with van der Waals surface area (Å²) in [6.45, 7) is 17.5. The number of hydrogen-bond donors (Lipinski definition) is 0. The Morgan fingerprint density at radius 3 is 1.68 bits per heavy atom. The molecule has 0 aliphatic heterocycles. The van der Waals surface area contributed by atoms with E-state index >= 15 is 0 Å². The van der Waals surface area contributed by atoms with Gasteiger partial charge in [0.2, 0.25) is 0 Å². The van der Waals surface area contributed by atoms with Crippen LogP contribution < -0.4 is 10.4 Å². The number of hydrogen-bond acceptors (Lipinski definition) is 1. The molecule has 2 unspecified atom stereocenters. The van der Waals surface area contributed by atoms with Crippen molar-refractivity contribution in [2.75, 3.05) is 6.61 Å². The first-order valence-electron chi connectivity index (χ1n) is 10.9. The van der Waals surface area contributed by atoms with Crippen LogP contribution >= 0.6 is 0 Å². The molecule has 1 nitrogen and oxygen atoms in total. The molecule has 0 heterocycles. The second kappa shape index (κ2) is 7.80. The van der Waals surface area contributed by atoms with Crippen molar-refractivity contribution in [1.29, 1.82) is 0 Å². The van der Waals surface area contributed by atoms with E-state index in [4.69, 9.17) is 4.43 Å². The van der Waals surface area contributed by atoms with Gasteiger partial charge in [-0.3, -0.25) is 0 Å². The topological polar surface area (TPSA) is 9.23 Å². The molecule has 152 valence electrons. The number of rotatable bonds is 7. The fourth-order valence-corrected chi connectivity index (χ4v) is 9.89. The van der Waals surface area contributed by atoms with E-state index in [2.05, 4.69) is 109 Å². The highest BCUT2D eigenvalue weighted by Gasteiger charge is 2.59. The van der Waals surface area contributed by atoms with Gasteiger partial charge < -0.3 is 4.43 Å². The molecular formula is C26H38OSi. The Kier molecular flexibility index (Phi) is 5.94. The third kappa shape index (κ3) is 3.62. The van der Waals surface area contributed by atoms with Crippen LogP contribution in [0, 0.1) is 23.2 Å². The average Bonchev–Trinajstić information content (AvgIpc) is 3.39. The van der Waals surface area contributed by atoms with Crippen LogP contribution in [0.15, 0.2) is 60.7 Å². The van der Waals surface area contributed by atoms with Crippen molar-refractivity contribution >= 4 is 18.7 Å². The third-order valence-electron chi connectivity index (χ3n) is 7.11. The van der Waals surface area contributed by atoms with E-state index in [-0.39, 0.29) is 5.04 Å². The van der Waals surface area contributed by atoms with Gasteiger partial charge in [-0.1, -0.05) is 109 Å². The molecule has 0 aromatic heterocycles. The molecule has 0 N–H and O–H groups in total. The maximum absolute atomic E-state index is 7.27. The van der Waals surface area contributed by atoms with E-state index in [1.54, 1.807) is 0 Å². The van der Waals surface area contributed by atoms with Crippen LogP contribution in [-0.4, -0.2) is 14.9 Å². The summed E-state index contributed by atoms with van der Waals surface area (Å²) >= 11 is 0. The fraction of sp³-hybridized carbons (Fsp3) is 0.538.